The Hall–Kier alpha value is -1.26. The lowest BCUT2D eigenvalue weighted by molar-refractivity contribution is 0.0304. The zero-order chi connectivity index (χ0) is 15.7. The fraction of sp³-hybridized carbons (Fsp3) is 0.647. The SMILES string of the molecule is CCCC(OCCc1ccc(OC)c(OC)c1)C(N)CC. The first-order valence-electron chi connectivity index (χ1n) is 7.74. The highest BCUT2D eigenvalue weighted by atomic mass is 16.5. The molecule has 1 rings (SSSR count). The van der Waals surface area contributed by atoms with Crippen LogP contribution in [0.3, 0.4) is 0 Å². The second-order valence-corrected chi connectivity index (χ2v) is 5.21. The van der Waals surface area contributed by atoms with Gasteiger partial charge in [-0.1, -0.05) is 26.3 Å². The van der Waals surface area contributed by atoms with Crippen LogP contribution in [0.4, 0.5) is 0 Å². The maximum absolute atomic E-state index is 6.10. The van der Waals surface area contributed by atoms with Crippen molar-refractivity contribution < 1.29 is 14.2 Å². The van der Waals surface area contributed by atoms with Crippen LogP contribution in [0, 0.1) is 0 Å². The maximum Gasteiger partial charge on any atom is 0.160 e. The van der Waals surface area contributed by atoms with E-state index in [0.29, 0.717) is 6.61 Å². The van der Waals surface area contributed by atoms with Crippen LogP contribution in [0.2, 0.25) is 0 Å². The predicted molar refractivity (Wildman–Crippen MR) is 86.2 cm³/mol. The molecule has 0 saturated heterocycles. The summed E-state index contributed by atoms with van der Waals surface area (Å²) in [7, 11) is 3.29. The monoisotopic (exact) mass is 295 g/mol. The van der Waals surface area contributed by atoms with E-state index in [1.807, 2.05) is 18.2 Å². The summed E-state index contributed by atoms with van der Waals surface area (Å²) in [5, 5.41) is 0. The van der Waals surface area contributed by atoms with Crippen molar-refractivity contribution >= 4 is 0 Å². The van der Waals surface area contributed by atoms with E-state index in [1.165, 1.54) is 5.56 Å². The van der Waals surface area contributed by atoms with E-state index in [0.717, 1.165) is 37.2 Å². The molecule has 21 heavy (non-hydrogen) atoms. The summed E-state index contributed by atoms with van der Waals surface area (Å²) in [6, 6.07) is 6.08. The van der Waals surface area contributed by atoms with Gasteiger partial charge in [-0.05, 0) is 37.0 Å². The molecule has 0 bridgehead atoms. The van der Waals surface area contributed by atoms with Crippen LogP contribution < -0.4 is 15.2 Å². The van der Waals surface area contributed by atoms with Gasteiger partial charge in [0.15, 0.2) is 11.5 Å². The second-order valence-electron chi connectivity index (χ2n) is 5.21. The van der Waals surface area contributed by atoms with E-state index >= 15 is 0 Å². The van der Waals surface area contributed by atoms with E-state index in [9.17, 15) is 0 Å². The van der Waals surface area contributed by atoms with Crippen LogP contribution >= 0.6 is 0 Å². The molecule has 0 aliphatic heterocycles. The number of methoxy groups -OCH3 is 2. The minimum Gasteiger partial charge on any atom is -0.493 e. The van der Waals surface area contributed by atoms with Gasteiger partial charge < -0.3 is 19.9 Å². The maximum atomic E-state index is 6.10. The number of benzene rings is 1. The summed E-state index contributed by atoms with van der Waals surface area (Å²) in [5.74, 6) is 1.50. The number of nitrogens with two attached hydrogens (primary N) is 1. The third kappa shape index (κ3) is 5.56. The quantitative estimate of drug-likeness (QED) is 0.720. The van der Waals surface area contributed by atoms with Crippen molar-refractivity contribution in [3.8, 4) is 11.5 Å². The summed E-state index contributed by atoms with van der Waals surface area (Å²) in [5.41, 5.74) is 7.28. The van der Waals surface area contributed by atoms with Gasteiger partial charge in [-0.2, -0.15) is 0 Å². The lowest BCUT2D eigenvalue weighted by atomic mass is 10.0. The summed E-state index contributed by atoms with van der Waals surface area (Å²) < 4.78 is 16.5. The average molecular weight is 295 g/mol. The van der Waals surface area contributed by atoms with Crippen molar-refractivity contribution in [2.45, 2.75) is 51.7 Å². The summed E-state index contributed by atoms with van der Waals surface area (Å²) >= 11 is 0. The number of rotatable bonds is 10. The molecule has 0 aliphatic carbocycles. The summed E-state index contributed by atoms with van der Waals surface area (Å²) in [6.45, 7) is 4.94. The van der Waals surface area contributed by atoms with Crippen molar-refractivity contribution in [1.29, 1.82) is 0 Å². The minimum atomic E-state index is 0.121. The van der Waals surface area contributed by atoms with Gasteiger partial charge in [0.25, 0.3) is 0 Å². The zero-order valence-corrected chi connectivity index (χ0v) is 13.7. The smallest absolute Gasteiger partial charge is 0.160 e. The molecule has 0 saturated carbocycles. The normalized spacial score (nSPS) is 13.8. The van der Waals surface area contributed by atoms with E-state index < -0.39 is 0 Å². The minimum absolute atomic E-state index is 0.121. The van der Waals surface area contributed by atoms with Crippen molar-refractivity contribution in [2.75, 3.05) is 20.8 Å². The molecule has 2 N–H and O–H groups in total. The van der Waals surface area contributed by atoms with Gasteiger partial charge in [0.1, 0.15) is 0 Å². The molecule has 0 spiro atoms. The molecule has 0 aliphatic rings. The third-order valence-corrected chi connectivity index (χ3v) is 3.69. The van der Waals surface area contributed by atoms with Crippen LogP contribution in [-0.4, -0.2) is 33.0 Å². The molecular formula is C17H29NO3. The molecule has 0 fully saturated rings. The molecule has 4 nitrogen and oxygen atoms in total. The van der Waals surface area contributed by atoms with Gasteiger partial charge in [-0.15, -0.1) is 0 Å². The molecule has 0 heterocycles. The highest BCUT2D eigenvalue weighted by Crippen LogP contribution is 2.27. The van der Waals surface area contributed by atoms with Gasteiger partial charge in [0.05, 0.1) is 26.9 Å². The summed E-state index contributed by atoms with van der Waals surface area (Å²) in [6.07, 6.45) is 4.05. The van der Waals surface area contributed by atoms with Gasteiger partial charge in [0.2, 0.25) is 0 Å². The Morgan fingerprint density at radius 1 is 1.10 bits per heavy atom. The Bertz CT molecular complexity index is 409. The molecule has 0 aromatic heterocycles. The Morgan fingerprint density at radius 2 is 1.81 bits per heavy atom. The lowest BCUT2D eigenvalue weighted by Gasteiger charge is -2.23. The molecule has 2 atom stereocenters. The van der Waals surface area contributed by atoms with Crippen molar-refractivity contribution in [1.82, 2.24) is 0 Å². The Balaban J connectivity index is 2.54. The molecule has 120 valence electrons. The van der Waals surface area contributed by atoms with Crippen molar-refractivity contribution in [3.63, 3.8) is 0 Å². The topological polar surface area (TPSA) is 53.7 Å². The highest BCUT2D eigenvalue weighted by Gasteiger charge is 2.15. The summed E-state index contributed by atoms with van der Waals surface area (Å²) in [4.78, 5) is 0. The van der Waals surface area contributed by atoms with Crippen LogP contribution in [-0.2, 0) is 11.2 Å². The molecule has 4 heteroatoms. The van der Waals surface area contributed by atoms with Crippen molar-refractivity contribution in [2.24, 2.45) is 5.73 Å². The van der Waals surface area contributed by atoms with E-state index in [1.54, 1.807) is 14.2 Å². The van der Waals surface area contributed by atoms with Gasteiger partial charge in [-0.25, -0.2) is 0 Å². The highest BCUT2D eigenvalue weighted by molar-refractivity contribution is 5.42. The molecule has 0 amide bonds. The van der Waals surface area contributed by atoms with Gasteiger partial charge in [-0.3, -0.25) is 0 Å². The molecular weight excluding hydrogens is 266 g/mol. The first kappa shape index (κ1) is 17.8. The number of ether oxygens (including phenoxy) is 3. The fourth-order valence-corrected chi connectivity index (χ4v) is 2.33. The fourth-order valence-electron chi connectivity index (χ4n) is 2.33. The molecule has 2 unspecified atom stereocenters. The predicted octanol–water partition coefficient (Wildman–Crippen LogP) is 3.17. The Kier molecular flexibility index (Phi) is 8.16. The lowest BCUT2D eigenvalue weighted by Crippen LogP contribution is -2.36. The number of hydrogen-bond acceptors (Lipinski definition) is 4. The van der Waals surface area contributed by atoms with Crippen molar-refractivity contribution in [3.05, 3.63) is 23.8 Å². The van der Waals surface area contributed by atoms with E-state index in [4.69, 9.17) is 19.9 Å². The standard InChI is InChI=1S/C17H29NO3/c1-5-7-15(14(18)6-2)21-11-10-13-8-9-16(19-3)17(12-13)20-4/h8-9,12,14-15H,5-7,10-11,18H2,1-4H3. The second kappa shape index (κ2) is 9.64. The number of hydrogen-bond donors (Lipinski definition) is 1. The Morgan fingerprint density at radius 3 is 2.38 bits per heavy atom. The van der Waals surface area contributed by atoms with Gasteiger partial charge in [0, 0.05) is 6.04 Å². The first-order chi connectivity index (χ1) is 10.2. The average Bonchev–Trinajstić information content (AvgIpc) is 2.53. The van der Waals surface area contributed by atoms with Crippen LogP contribution in [0.15, 0.2) is 18.2 Å². The van der Waals surface area contributed by atoms with Gasteiger partial charge >= 0.3 is 0 Å². The molecule has 1 aromatic rings. The Labute approximate surface area is 128 Å². The zero-order valence-electron chi connectivity index (χ0n) is 13.7. The van der Waals surface area contributed by atoms with Crippen LogP contribution in [0.5, 0.6) is 11.5 Å². The van der Waals surface area contributed by atoms with Crippen LogP contribution in [0.25, 0.3) is 0 Å². The van der Waals surface area contributed by atoms with E-state index in [-0.39, 0.29) is 12.1 Å². The van der Waals surface area contributed by atoms with E-state index in [2.05, 4.69) is 13.8 Å². The third-order valence-electron chi connectivity index (χ3n) is 3.69. The largest absolute Gasteiger partial charge is 0.493 e. The first-order valence-corrected chi connectivity index (χ1v) is 7.74. The van der Waals surface area contributed by atoms with Crippen LogP contribution in [0.1, 0.15) is 38.7 Å². The molecule has 1 aromatic carbocycles. The molecule has 0 radical (unpaired) electrons.